The molecule has 0 aliphatic heterocycles. The smallest absolute Gasteiger partial charge is 0.138 e. The number of hydrogen-bond acceptors (Lipinski definition) is 4. The fraction of sp³-hybridized carbons (Fsp3) is 0.333. The number of rotatable bonds is 4. The third-order valence-corrected chi connectivity index (χ3v) is 3.39. The second-order valence-corrected chi connectivity index (χ2v) is 4.90. The molecular weight excluding hydrogens is 254 g/mol. The van der Waals surface area contributed by atoms with E-state index in [0.29, 0.717) is 12.2 Å². The van der Waals surface area contributed by atoms with Crippen LogP contribution in [-0.4, -0.2) is 19.9 Å². The Morgan fingerprint density at radius 1 is 1.35 bits per heavy atom. The van der Waals surface area contributed by atoms with Crippen LogP contribution in [0, 0.1) is 6.92 Å². The van der Waals surface area contributed by atoms with Crippen molar-refractivity contribution in [2.45, 2.75) is 32.9 Å². The molecule has 1 aromatic carbocycles. The summed E-state index contributed by atoms with van der Waals surface area (Å²) in [7, 11) is 0. The first kappa shape index (κ1) is 12.9. The minimum atomic E-state index is -0.711. The van der Waals surface area contributed by atoms with E-state index in [4.69, 9.17) is 4.42 Å². The number of furan rings is 1. The molecule has 20 heavy (non-hydrogen) atoms. The summed E-state index contributed by atoms with van der Waals surface area (Å²) in [4.78, 5) is 4.17. The lowest BCUT2D eigenvalue weighted by Crippen LogP contribution is -2.09. The van der Waals surface area contributed by atoms with Crippen molar-refractivity contribution in [2.24, 2.45) is 0 Å². The molecule has 1 atom stereocenters. The number of aliphatic hydroxyl groups is 1. The number of hydrogen-bond donors (Lipinski definition) is 1. The van der Waals surface area contributed by atoms with Crippen molar-refractivity contribution in [3.05, 3.63) is 47.7 Å². The SMILES string of the molecule is CCn1ncnc1CC(O)c1cc2cc(C)ccc2o1. The molecule has 1 N–H and O–H groups in total. The van der Waals surface area contributed by atoms with Gasteiger partial charge in [-0.25, -0.2) is 4.98 Å². The molecule has 3 rings (SSSR count). The van der Waals surface area contributed by atoms with Crippen LogP contribution in [0.15, 0.2) is 35.0 Å². The van der Waals surface area contributed by atoms with E-state index < -0.39 is 6.10 Å². The van der Waals surface area contributed by atoms with Gasteiger partial charge in [0, 0.05) is 18.4 Å². The number of aryl methyl sites for hydroxylation is 2. The topological polar surface area (TPSA) is 64.1 Å². The standard InChI is InChI=1S/C15H17N3O2/c1-3-18-15(16-9-17-18)8-12(19)14-7-11-6-10(2)4-5-13(11)20-14/h4-7,9,12,19H,3,8H2,1-2H3. The van der Waals surface area contributed by atoms with Gasteiger partial charge >= 0.3 is 0 Å². The molecule has 2 aromatic heterocycles. The van der Waals surface area contributed by atoms with Crippen molar-refractivity contribution in [3.63, 3.8) is 0 Å². The Labute approximate surface area is 116 Å². The first-order valence-corrected chi connectivity index (χ1v) is 6.72. The summed E-state index contributed by atoms with van der Waals surface area (Å²) >= 11 is 0. The molecule has 0 fully saturated rings. The van der Waals surface area contributed by atoms with E-state index in [2.05, 4.69) is 10.1 Å². The molecule has 5 nitrogen and oxygen atoms in total. The second kappa shape index (κ2) is 5.09. The Balaban J connectivity index is 1.86. The lowest BCUT2D eigenvalue weighted by Gasteiger charge is -2.07. The quantitative estimate of drug-likeness (QED) is 0.792. The van der Waals surface area contributed by atoms with Crippen molar-refractivity contribution in [2.75, 3.05) is 0 Å². The lowest BCUT2D eigenvalue weighted by molar-refractivity contribution is 0.148. The van der Waals surface area contributed by atoms with E-state index in [0.717, 1.165) is 23.3 Å². The average Bonchev–Trinajstić information content (AvgIpc) is 3.04. The van der Waals surface area contributed by atoms with Gasteiger partial charge in [-0.3, -0.25) is 4.68 Å². The molecular formula is C15H17N3O2. The summed E-state index contributed by atoms with van der Waals surface area (Å²) in [6.45, 7) is 4.77. The number of fused-ring (bicyclic) bond motifs is 1. The van der Waals surface area contributed by atoms with Gasteiger partial charge in [-0.1, -0.05) is 11.6 Å². The summed E-state index contributed by atoms with van der Waals surface area (Å²) in [6, 6.07) is 7.86. The van der Waals surface area contributed by atoms with Gasteiger partial charge in [0.25, 0.3) is 0 Å². The van der Waals surface area contributed by atoms with Gasteiger partial charge in [0.2, 0.25) is 0 Å². The van der Waals surface area contributed by atoms with Gasteiger partial charge < -0.3 is 9.52 Å². The molecule has 1 unspecified atom stereocenters. The van der Waals surface area contributed by atoms with E-state index in [9.17, 15) is 5.11 Å². The van der Waals surface area contributed by atoms with E-state index >= 15 is 0 Å². The van der Waals surface area contributed by atoms with Crippen LogP contribution in [0.3, 0.4) is 0 Å². The zero-order valence-electron chi connectivity index (χ0n) is 11.6. The van der Waals surface area contributed by atoms with Gasteiger partial charge in [0.05, 0.1) is 0 Å². The summed E-state index contributed by atoms with van der Waals surface area (Å²) in [5.74, 6) is 1.33. The van der Waals surface area contributed by atoms with Gasteiger partial charge in [0.1, 0.15) is 29.6 Å². The Morgan fingerprint density at radius 3 is 3.00 bits per heavy atom. The first-order valence-electron chi connectivity index (χ1n) is 6.72. The number of aromatic nitrogens is 3. The monoisotopic (exact) mass is 271 g/mol. The molecule has 0 radical (unpaired) electrons. The Kier molecular flexibility index (Phi) is 3.28. The number of nitrogens with zero attached hydrogens (tertiary/aromatic N) is 3. The predicted octanol–water partition coefficient (Wildman–Crippen LogP) is 2.63. The van der Waals surface area contributed by atoms with Crippen LogP contribution in [0.25, 0.3) is 11.0 Å². The highest BCUT2D eigenvalue weighted by Gasteiger charge is 2.17. The minimum absolute atomic E-state index is 0.395. The fourth-order valence-corrected chi connectivity index (χ4v) is 2.33. The van der Waals surface area contributed by atoms with Crippen LogP contribution in [0.2, 0.25) is 0 Å². The van der Waals surface area contributed by atoms with Crippen LogP contribution < -0.4 is 0 Å². The summed E-state index contributed by atoms with van der Waals surface area (Å²) in [6.07, 6.45) is 1.19. The maximum absolute atomic E-state index is 10.3. The van der Waals surface area contributed by atoms with Crippen molar-refractivity contribution >= 4 is 11.0 Å². The van der Waals surface area contributed by atoms with Crippen molar-refractivity contribution in [1.82, 2.24) is 14.8 Å². The fourth-order valence-electron chi connectivity index (χ4n) is 2.33. The summed E-state index contributed by atoms with van der Waals surface area (Å²) < 4.78 is 7.47. The average molecular weight is 271 g/mol. The molecule has 2 heterocycles. The molecule has 0 aliphatic carbocycles. The highest BCUT2D eigenvalue weighted by molar-refractivity contribution is 5.78. The molecule has 0 saturated carbocycles. The largest absolute Gasteiger partial charge is 0.458 e. The molecule has 5 heteroatoms. The summed E-state index contributed by atoms with van der Waals surface area (Å²) in [5.41, 5.74) is 1.96. The third-order valence-electron chi connectivity index (χ3n) is 3.39. The zero-order valence-corrected chi connectivity index (χ0v) is 11.6. The predicted molar refractivity (Wildman–Crippen MR) is 75.3 cm³/mol. The minimum Gasteiger partial charge on any atom is -0.458 e. The maximum atomic E-state index is 10.3. The van der Waals surface area contributed by atoms with Crippen LogP contribution in [0.1, 0.15) is 30.2 Å². The van der Waals surface area contributed by atoms with Crippen LogP contribution in [-0.2, 0) is 13.0 Å². The van der Waals surface area contributed by atoms with Gasteiger partial charge in [0.15, 0.2) is 0 Å². The Bertz CT molecular complexity index is 730. The van der Waals surface area contributed by atoms with E-state index in [1.165, 1.54) is 11.9 Å². The maximum Gasteiger partial charge on any atom is 0.138 e. The zero-order chi connectivity index (χ0) is 14.1. The van der Waals surface area contributed by atoms with Crippen LogP contribution in [0.4, 0.5) is 0 Å². The van der Waals surface area contributed by atoms with E-state index in [-0.39, 0.29) is 0 Å². The van der Waals surface area contributed by atoms with Gasteiger partial charge in [-0.05, 0) is 32.0 Å². The number of aliphatic hydroxyl groups excluding tert-OH is 1. The number of benzene rings is 1. The molecule has 3 aromatic rings. The first-order chi connectivity index (χ1) is 9.67. The highest BCUT2D eigenvalue weighted by atomic mass is 16.4. The molecule has 0 amide bonds. The van der Waals surface area contributed by atoms with E-state index in [1.54, 1.807) is 4.68 Å². The Morgan fingerprint density at radius 2 is 2.20 bits per heavy atom. The van der Waals surface area contributed by atoms with Gasteiger partial charge in [-0.15, -0.1) is 0 Å². The van der Waals surface area contributed by atoms with E-state index in [1.807, 2.05) is 38.1 Å². The molecule has 0 aliphatic rings. The van der Waals surface area contributed by atoms with Crippen LogP contribution in [0.5, 0.6) is 0 Å². The Hall–Kier alpha value is -2.14. The summed E-state index contributed by atoms with van der Waals surface area (Å²) in [5, 5.41) is 15.4. The lowest BCUT2D eigenvalue weighted by atomic mass is 10.1. The van der Waals surface area contributed by atoms with Crippen molar-refractivity contribution in [3.8, 4) is 0 Å². The van der Waals surface area contributed by atoms with Gasteiger partial charge in [-0.2, -0.15) is 5.10 Å². The third kappa shape index (κ3) is 2.32. The molecule has 0 bridgehead atoms. The van der Waals surface area contributed by atoms with Crippen molar-refractivity contribution in [1.29, 1.82) is 0 Å². The molecule has 0 saturated heterocycles. The molecule has 0 spiro atoms. The highest BCUT2D eigenvalue weighted by Crippen LogP contribution is 2.26. The normalized spacial score (nSPS) is 12.9. The second-order valence-electron chi connectivity index (χ2n) is 4.90. The van der Waals surface area contributed by atoms with Crippen LogP contribution >= 0.6 is 0 Å². The molecule has 104 valence electrons. The van der Waals surface area contributed by atoms with Crippen molar-refractivity contribution < 1.29 is 9.52 Å².